The van der Waals surface area contributed by atoms with Gasteiger partial charge in [-0.1, -0.05) is 42.5 Å². The summed E-state index contributed by atoms with van der Waals surface area (Å²) in [5, 5.41) is 2.92. The first-order valence-electron chi connectivity index (χ1n) is 10.9. The lowest BCUT2D eigenvalue weighted by Gasteiger charge is -2.31. The number of hydrogen-bond donors (Lipinski definition) is 1. The number of anilines is 1. The SMILES string of the molecule is COc1ccccc1C1CCCN1C(=O)C(Nc1ccccc1F)c1ccc(C(F)(F)F)cc1. The highest BCUT2D eigenvalue weighted by Gasteiger charge is 2.37. The van der Waals surface area contributed by atoms with Crippen molar-refractivity contribution < 1.29 is 27.1 Å². The molecule has 0 saturated carbocycles. The summed E-state index contributed by atoms with van der Waals surface area (Å²) in [6.45, 7) is 0.470. The van der Waals surface area contributed by atoms with Gasteiger partial charge < -0.3 is 15.0 Å². The highest BCUT2D eigenvalue weighted by molar-refractivity contribution is 5.87. The molecule has 2 unspecified atom stereocenters. The van der Waals surface area contributed by atoms with Crippen molar-refractivity contribution in [2.45, 2.75) is 31.1 Å². The second kappa shape index (κ2) is 9.75. The molecule has 0 spiro atoms. The number of ether oxygens (including phenoxy) is 1. The number of para-hydroxylation sites is 2. The number of carbonyl (C=O) groups is 1. The Morgan fingerprint density at radius 2 is 1.71 bits per heavy atom. The molecule has 8 heteroatoms. The minimum absolute atomic E-state index is 0.0915. The van der Waals surface area contributed by atoms with E-state index in [1.165, 1.54) is 30.3 Å². The molecule has 0 aliphatic carbocycles. The summed E-state index contributed by atoms with van der Waals surface area (Å²) < 4.78 is 59.1. The molecular weight excluding hydrogens is 448 g/mol. The fraction of sp³-hybridized carbons (Fsp3) is 0.269. The third kappa shape index (κ3) is 4.85. The molecule has 3 aromatic carbocycles. The lowest BCUT2D eigenvalue weighted by atomic mass is 10.00. The average Bonchev–Trinajstić information content (AvgIpc) is 3.32. The van der Waals surface area contributed by atoms with Crippen molar-refractivity contribution in [3.63, 3.8) is 0 Å². The van der Waals surface area contributed by atoms with E-state index in [2.05, 4.69) is 5.32 Å². The number of nitrogens with zero attached hydrogens (tertiary/aromatic N) is 1. The Kier molecular flexibility index (Phi) is 6.77. The molecule has 3 aromatic rings. The van der Waals surface area contributed by atoms with Gasteiger partial charge in [0, 0.05) is 12.1 Å². The average molecular weight is 472 g/mol. The maximum atomic E-state index is 14.4. The van der Waals surface area contributed by atoms with E-state index >= 15 is 0 Å². The second-order valence-electron chi connectivity index (χ2n) is 8.11. The van der Waals surface area contributed by atoms with Crippen molar-refractivity contribution in [1.82, 2.24) is 4.90 Å². The Labute approximate surface area is 195 Å². The summed E-state index contributed by atoms with van der Waals surface area (Å²) in [6.07, 6.45) is -3.03. The number of benzene rings is 3. The van der Waals surface area contributed by atoms with E-state index in [1.807, 2.05) is 24.3 Å². The number of methoxy groups -OCH3 is 1. The van der Waals surface area contributed by atoms with Crippen molar-refractivity contribution in [2.75, 3.05) is 19.0 Å². The van der Waals surface area contributed by atoms with Crippen LogP contribution in [-0.4, -0.2) is 24.5 Å². The Balaban J connectivity index is 1.70. The lowest BCUT2D eigenvalue weighted by Crippen LogP contribution is -2.38. The zero-order valence-electron chi connectivity index (χ0n) is 18.5. The highest BCUT2D eigenvalue weighted by Crippen LogP contribution is 2.39. The molecule has 1 aliphatic heterocycles. The van der Waals surface area contributed by atoms with Crippen LogP contribution in [-0.2, 0) is 11.0 Å². The van der Waals surface area contributed by atoms with Gasteiger partial charge in [0.2, 0.25) is 5.91 Å². The van der Waals surface area contributed by atoms with E-state index in [9.17, 15) is 22.4 Å². The number of alkyl halides is 3. The predicted molar refractivity (Wildman–Crippen MR) is 121 cm³/mol. The molecule has 2 atom stereocenters. The van der Waals surface area contributed by atoms with E-state index < -0.39 is 23.6 Å². The van der Waals surface area contributed by atoms with Crippen LogP contribution in [0.15, 0.2) is 72.8 Å². The van der Waals surface area contributed by atoms with E-state index in [0.717, 1.165) is 24.1 Å². The Hall–Kier alpha value is -3.55. The van der Waals surface area contributed by atoms with Crippen molar-refractivity contribution in [3.05, 3.63) is 95.3 Å². The van der Waals surface area contributed by atoms with Gasteiger partial charge in [0.15, 0.2) is 0 Å². The Morgan fingerprint density at radius 3 is 2.38 bits per heavy atom. The number of hydrogen-bond acceptors (Lipinski definition) is 3. The molecule has 4 rings (SSSR count). The molecule has 4 nitrogen and oxygen atoms in total. The molecule has 178 valence electrons. The molecule has 1 fully saturated rings. The van der Waals surface area contributed by atoms with Crippen LogP contribution in [0.4, 0.5) is 23.2 Å². The number of carbonyl (C=O) groups excluding carboxylic acids is 1. The molecule has 1 aliphatic rings. The maximum Gasteiger partial charge on any atom is 0.416 e. The van der Waals surface area contributed by atoms with Gasteiger partial charge in [-0.15, -0.1) is 0 Å². The topological polar surface area (TPSA) is 41.6 Å². The number of rotatable bonds is 6. The van der Waals surface area contributed by atoms with Gasteiger partial charge in [-0.3, -0.25) is 4.79 Å². The first-order chi connectivity index (χ1) is 16.3. The van der Waals surface area contributed by atoms with Gasteiger partial charge >= 0.3 is 6.18 Å². The van der Waals surface area contributed by atoms with Gasteiger partial charge in [-0.25, -0.2) is 4.39 Å². The fourth-order valence-electron chi connectivity index (χ4n) is 4.35. The molecule has 34 heavy (non-hydrogen) atoms. The Bertz CT molecular complexity index is 1150. The minimum Gasteiger partial charge on any atom is -0.496 e. The van der Waals surface area contributed by atoms with Crippen LogP contribution >= 0.6 is 0 Å². The van der Waals surface area contributed by atoms with Crippen molar-refractivity contribution in [2.24, 2.45) is 0 Å². The highest BCUT2D eigenvalue weighted by atomic mass is 19.4. The summed E-state index contributed by atoms with van der Waals surface area (Å²) in [5.74, 6) is -0.258. The Morgan fingerprint density at radius 1 is 1.03 bits per heavy atom. The van der Waals surface area contributed by atoms with E-state index in [0.29, 0.717) is 24.3 Å². The maximum absolute atomic E-state index is 14.4. The summed E-state index contributed by atoms with van der Waals surface area (Å²) >= 11 is 0. The zero-order valence-corrected chi connectivity index (χ0v) is 18.5. The molecular formula is C26H24F4N2O2. The van der Waals surface area contributed by atoms with Gasteiger partial charge in [0.05, 0.1) is 24.4 Å². The molecule has 1 saturated heterocycles. The fourth-order valence-corrected chi connectivity index (χ4v) is 4.35. The quantitative estimate of drug-likeness (QED) is 0.424. The zero-order chi connectivity index (χ0) is 24.3. The summed E-state index contributed by atoms with van der Waals surface area (Å²) in [7, 11) is 1.56. The van der Waals surface area contributed by atoms with Gasteiger partial charge in [0.1, 0.15) is 17.6 Å². The standard InChI is InChI=1S/C26H24F4N2O2/c1-34-23-11-5-2-7-19(23)22-10-6-16-32(22)25(33)24(31-21-9-4-3-8-20(21)27)17-12-14-18(15-13-17)26(28,29)30/h2-5,7-9,11-15,22,24,31H,6,10,16H2,1H3. The summed E-state index contributed by atoms with van der Waals surface area (Å²) in [6, 6.07) is 16.3. The third-order valence-electron chi connectivity index (χ3n) is 6.03. The van der Waals surface area contributed by atoms with Crippen molar-refractivity contribution >= 4 is 11.6 Å². The first kappa shape index (κ1) is 23.6. The third-order valence-corrected chi connectivity index (χ3v) is 6.03. The largest absolute Gasteiger partial charge is 0.496 e. The number of likely N-dealkylation sites (tertiary alicyclic amines) is 1. The van der Waals surface area contributed by atoms with Gasteiger partial charge in [0.25, 0.3) is 0 Å². The van der Waals surface area contributed by atoms with Crippen LogP contribution in [0.2, 0.25) is 0 Å². The van der Waals surface area contributed by atoms with Gasteiger partial charge in [-0.05, 0) is 48.7 Å². The predicted octanol–water partition coefficient (Wildman–Crippen LogP) is 6.37. The van der Waals surface area contributed by atoms with Crippen LogP contribution in [0.5, 0.6) is 5.75 Å². The van der Waals surface area contributed by atoms with Crippen molar-refractivity contribution in [3.8, 4) is 5.75 Å². The van der Waals surface area contributed by atoms with E-state index in [4.69, 9.17) is 4.74 Å². The lowest BCUT2D eigenvalue weighted by molar-refractivity contribution is -0.137. The molecule has 1 N–H and O–H groups in total. The van der Waals surface area contributed by atoms with E-state index in [-0.39, 0.29) is 17.6 Å². The normalized spacial score (nSPS) is 16.9. The molecule has 0 bridgehead atoms. The van der Waals surface area contributed by atoms with Crippen molar-refractivity contribution in [1.29, 1.82) is 0 Å². The van der Waals surface area contributed by atoms with Crippen LogP contribution in [0.1, 0.15) is 41.6 Å². The second-order valence-corrected chi connectivity index (χ2v) is 8.11. The smallest absolute Gasteiger partial charge is 0.416 e. The molecule has 1 amide bonds. The van der Waals surface area contributed by atoms with E-state index in [1.54, 1.807) is 18.1 Å². The minimum atomic E-state index is -4.50. The van der Waals surface area contributed by atoms with Gasteiger partial charge in [-0.2, -0.15) is 13.2 Å². The van der Waals surface area contributed by atoms with Crippen LogP contribution < -0.4 is 10.1 Å². The summed E-state index contributed by atoms with van der Waals surface area (Å²) in [5.41, 5.74) is 0.440. The monoisotopic (exact) mass is 472 g/mol. The van der Waals surface area contributed by atoms with Crippen LogP contribution in [0, 0.1) is 5.82 Å². The number of amides is 1. The van der Waals surface area contributed by atoms with Crippen LogP contribution in [0.25, 0.3) is 0 Å². The van der Waals surface area contributed by atoms with Crippen LogP contribution in [0.3, 0.4) is 0 Å². The molecule has 1 heterocycles. The summed E-state index contributed by atoms with van der Waals surface area (Å²) in [4.78, 5) is 15.5. The first-order valence-corrected chi connectivity index (χ1v) is 10.9. The molecule has 0 aromatic heterocycles. The number of halogens is 4. The number of nitrogens with one attached hydrogen (secondary N) is 1. The molecule has 0 radical (unpaired) electrons.